The fourth-order valence-electron chi connectivity index (χ4n) is 1.65. The number of hydrogen-bond acceptors (Lipinski definition) is 3. The number of halogens is 1. The zero-order valence-electron chi connectivity index (χ0n) is 11.8. The van der Waals surface area contributed by atoms with E-state index in [1.54, 1.807) is 25.8 Å². The van der Waals surface area contributed by atoms with E-state index in [0.717, 1.165) is 9.26 Å². The summed E-state index contributed by atoms with van der Waals surface area (Å²) in [5, 5.41) is 11.7. The van der Waals surface area contributed by atoms with Crippen molar-refractivity contribution in [3.05, 3.63) is 27.8 Å². The van der Waals surface area contributed by atoms with E-state index in [-0.39, 0.29) is 5.91 Å². The Kier molecular flexibility index (Phi) is 6.41. The third-order valence-corrected chi connectivity index (χ3v) is 3.85. The molecule has 2 N–H and O–H groups in total. The van der Waals surface area contributed by atoms with Crippen LogP contribution in [0.25, 0.3) is 0 Å². The molecule has 2 atom stereocenters. The number of benzene rings is 1. The predicted molar refractivity (Wildman–Crippen MR) is 86.7 cm³/mol. The van der Waals surface area contributed by atoms with E-state index in [1.165, 1.54) is 0 Å². The maximum Gasteiger partial charge on any atom is 0.307 e. The van der Waals surface area contributed by atoms with Crippen molar-refractivity contribution >= 4 is 40.2 Å². The fourth-order valence-corrected chi connectivity index (χ4v) is 2.01. The second kappa shape index (κ2) is 7.58. The van der Waals surface area contributed by atoms with Crippen LogP contribution in [0.4, 0.5) is 5.69 Å². The molecular formula is C14H19IN2O3. The Morgan fingerprint density at radius 3 is 2.35 bits per heavy atom. The van der Waals surface area contributed by atoms with Gasteiger partial charge in [0, 0.05) is 15.8 Å². The van der Waals surface area contributed by atoms with Gasteiger partial charge < -0.3 is 10.4 Å². The smallest absolute Gasteiger partial charge is 0.307 e. The molecule has 0 heterocycles. The molecule has 2 unspecified atom stereocenters. The van der Waals surface area contributed by atoms with Gasteiger partial charge in [0.2, 0.25) is 5.91 Å². The van der Waals surface area contributed by atoms with Crippen molar-refractivity contribution in [1.82, 2.24) is 4.90 Å². The topological polar surface area (TPSA) is 69.6 Å². The number of likely N-dealkylation sites (N-methyl/N-ethyl adjacent to an activating group) is 1. The van der Waals surface area contributed by atoms with Crippen molar-refractivity contribution < 1.29 is 14.7 Å². The largest absolute Gasteiger partial charge is 0.481 e. The number of aliphatic carboxylic acids is 1. The molecule has 110 valence electrons. The molecule has 1 rings (SSSR count). The SMILES string of the molecule is CC(CN(C)C(C)C(=O)Nc1ccc(I)cc1)C(=O)O. The highest BCUT2D eigenvalue weighted by Gasteiger charge is 2.22. The van der Waals surface area contributed by atoms with E-state index < -0.39 is 17.9 Å². The zero-order chi connectivity index (χ0) is 15.3. The van der Waals surface area contributed by atoms with Crippen LogP contribution in [0.5, 0.6) is 0 Å². The Morgan fingerprint density at radius 1 is 1.30 bits per heavy atom. The minimum absolute atomic E-state index is 0.147. The molecule has 0 radical (unpaired) electrons. The summed E-state index contributed by atoms with van der Waals surface area (Å²) in [6.45, 7) is 3.72. The van der Waals surface area contributed by atoms with Crippen molar-refractivity contribution in [2.75, 3.05) is 18.9 Å². The molecule has 0 spiro atoms. The average Bonchev–Trinajstić information content (AvgIpc) is 2.40. The van der Waals surface area contributed by atoms with Crippen molar-refractivity contribution in [2.45, 2.75) is 19.9 Å². The van der Waals surface area contributed by atoms with Gasteiger partial charge in [-0.25, -0.2) is 0 Å². The van der Waals surface area contributed by atoms with Crippen LogP contribution in [0.15, 0.2) is 24.3 Å². The van der Waals surface area contributed by atoms with E-state index in [2.05, 4.69) is 27.9 Å². The Labute approximate surface area is 132 Å². The lowest BCUT2D eigenvalue weighted by Gasteiger charge is -2.25. The number of nitrogens with one attached hydrogen (secondary N) is 1. The van der Waals surface area contributed by atoms with Gasteiger partial charge in [0.05, 0.1) is 12.0 Å². The van der Waals surface area contributed by atoms with E-state index in [1.807, 2.05) is 24.3 Å². The number of carbonyl (C=O) groups excluding carboxylic acids is 1. The van der Waals surface area contributed by atoms with Gasteiger partial charge in [-0.2, -0.15) is 0 Å². The first-order valence-corrected chi connectivity index (χ1v) is 7.38. The number of carbonyl (C=O) groups is 2. The fraction of sp³-hybridized carbons (Fsp3) is 0.429. The Hall–Kier alpha value is -1.15. The van der Waals surface area contributed by atoms with Gasteiger partial charge in [-0.05, 0) is 60.8 Å². The summed E-state index contributed by atoms with van der Waals surface area (Å²) >= 11 is 2.20. The minimum atomic E-state index is -0.859. The van der Waals surface area contributed by atoms with Gasteiger partial charge in [0.25, 0.3) is 0 Å². The first-order chi connectivity index (χ1) is 9.31. The lowest BCUT2D eigenvalue weighted by atomic mass is 10.1. The van der Waals surface area contributed by atoms with Gasteiger partial charge in [0.15, 0.2) is 0 Å². The summed E-state index contributed by atoms with van der Waals surface area (Å²) in [5.41, 5.74) is 0.738. The number of carboxylic acids is 1. The second-order valence-corrected chi connectivity index (χ2v) is 6.10. The lowest BCUT2D eigenvalue weighted by Crippen LogP contribution is -2.42. The normalized spacial score (nSPS) is 13.8. The summed E-state index contributed by atoms with van der Waals surface area (Å²) in [5.74, 6) is -1.51. The molecule has 0 aliphatic carbocycles. The molecule has 0 aromatic heterocycles. The quantitative estimate of drug-likeness (QED) is 0.732. The van der Waals surface area contributed by atoms with E-state index in [9.17, 15) is 9.59 Å². The summed E-state index contributed by atoms with van der Waals surface area (Å²) in [6, 6.07) is 7.11. The predicted octanol–water partition coefficient (Wildman–Crippen LogP) is 2.27. The third-order valence-electron chi connectivity index (χ3n) is 3.14. The van der Waals surface area contributed by atoms with E-state index in [0.29, 0.717) is 6.54 Å². The maximum atomic E-state index is 12.1. The van der Waals surface area contributed by atoms with Crippen LogP contribution in [0.2, 0.25) is 0 Å². The Morgan fingerprint density at radius 2 is 1.85 bits per heavy atom. The molecule has 1 aromatic rings. The van der Waals surface area contributed by atoms with Crippen LogP contribution in [-0.2, 0) is 9.59 Å². The summed E-state index contributed by atoms with van der Waals surface area (Å²) < 4.78 is 1.10. The first-order valence-electron chi connectivity index (χ1n) is 6.30. The first kappa shape index (κ1) is 16.9. The molecule has 5 nitrogen and oxygen atoms in total. The lowest BCUT2D eigenvalue weighted by molar-refractivity contribution is -0.142. The Balaban J connectivity index is 2.57. The van der Waals surface area contributed by atoms with Gasteiger partial charge in [-0.15, -0.1) is 0 Å². The van der Waals surface area contributed by atoms with Crippen LogP contribution in [-0.4, -0.2) is 41.5 Å². The minimum Gasteiger partial charge on any atom is -0.481 e. The monoisotopic (exact) mass is 390 g/mol. The number of anilines is 1. The summed E-state index contributed by atoms with van der Waals surface area (Å²) in [4.78, 5) is 24.6. The number of hydrogen-bond donors (Lipinski definition) is 2. The highest BCUT2D eigenvalue weighted by atomic mass is 127. The highest BCUT2D eigenvalue weighted by molar-refractivity contribution is 14.1. The standard InChI is InChI=1S/C14H19IN2O3/c1-9(14(19)20)8-17(3)10(2)13(18)16-12-6-4-11(15)5-7-12/h4-7,9-10H,8H2,1-3H3,(H,16,18)(H,19,20). The van der Waals surface area contributed by atoms with Crippen LogP contribution < -0.4 is 5.32 Å². The Bertz CT molecular complexity index is 476. The van der Waals surface area contributed by atoms with Crippen molar-refractivity contribution in [3.63, 3.8) is 0 Å². The van der Waals surface area contributed by atoms with Crippen LogP contribution in [0.1, 0.15) is 13.8 Å². The van der Waals surface area contributed by atoms with Gasteiger partial charge >= 0.3 is 5.97 Å². The molecule has 0 fully saturated rings. The number of amides is 1. The molecule has 0 saturated heterocycles. The van der Waals surface area contributed by atoms with Gasteiger partial charge in [-0.3, -0.25) is 14.5 Å². The summed E-state index contributed by atoms with van der Waals surface area (Å²) in [6.07, 6.45) is 0. The van der Waals surface area contributed by atoms with Crippen molar-refractivity contribution in [3.8, 4) is 0 Å². The van der Waals surface area contributed by atoms with Crippen LogP contribution in [0, 0.1) is 9.49 Å². The molecule has 0 aliphatic rings. The molecule has 0 aliphatic heterocycles. The summed E-state index contributed by atoms with van der Waals surface area (Å²) in [7, 11) is 1.75. The third kappa shape index (κ3) is 5.09. The van der Waals surface area contributed by atoms with Gasteiger partial charge in [-0.1, -0.05) is 6.92 Å². The number of rotatable bonds is 6. The van der Waals surface area contributed by atoms with Crippen molar-refractivity contribution in [1.29, 1.82) is 0 Å². The average molecular weight is 390 g/mol. The molecule has 1 aromatic carbocycles. The zero-order valence-corrected chi connectivity index (χ0v) is 13.9. The number of carboxylic acid groups (broad SMARTS) is 1. The molecule has 1 amide bonds. The van der Waals surface area contributed by atoms with E-state index in [4.69, 9.17) is 5.11 Å². The van der Waals surface area contributed by atoms with E-state index >= 15 is 0 Å². The second-order valence-electron chi connectivity index (χ2n) is 4.85. The van der Waals surface area contributed by atoms with Crippen LogP contribution in [0.3, 0.4) is 0 Å². The van der Waals surface area contributed by atoms with Gasteiger partial charge in [0.1, 0.15) is 0 Å². The molecule has 0 bridgehead atoms. The maximum absolute atomic E-state index is 12.1. The molecular weight excluding hydrogens is 371 g/mol. The molecule has 0 saturated carbocycles. The molecule has 6 heteroatoms. The highest BCUT2D eigenvalue weighted by Crippen LogP contribution is 2.12. The number of nitrogens with zero attached hydrogens (tertiary/aromatic N) is 1. The van der Waals surface area contributed by atoms with Crippen molar-refractivity contribution in [2.24, 2.45) is 5.92 Å². The molecule has 20 heavy (non-hydrogen) atoms. The van der Waals surface area contributed by atoms with Crippen LogP contribution >= 0.6 is 22.6 Å².